The molecule has 9 heteroatoms. The highest BCUT2D eigenvalue weighted by Gasteiger charge is 2.16. The molecule has 0 heterocycles. The second kappa shape index (κ2) is 9.27. The van der Waals surface area contributed by atoms with Gasteiger partial charge in [-0.2, -0.15) is 4.36 Å². The Morgan fingerprint density at radius 2 is 1.75 bits per heavy atom. The summed E-state index contributed by atoms with van der Waals surface area (Å²) in [6.07, 6.45) is 3.06. The number of halogens is 3. The van der Waals surface area contributed by atoms with Crippen LogP contribution < -0.4 is 0 Å². The summed E-state index contributed by atoms with van der Waals surface area (Å²) in [5.74, 6) is -0.668. The summed E-state index contributed by atoms with van der Waals surface area (Å²) >= 11 is 18.2. The predicted molar refractivity (Wildman–Crippen MR) is 118 cm³/mol. The van der Waals surface area contributed by atoms with Gasteiger partial charge in [0.05, 0.1) is 31.7 Å². The number of amides is 1. The zero-order valence-corrected chi connectivity index (χ0v) is 19.0. The van der Waals surface area contributed by atoms with Gasteiger partial charge in [-0.3, -0.25) is 4.79 Å². The van der Waals surface area contributed by atoms with E-state index in [0.29, 0.717) is 31.2 Å². The Kier molecular flexibility index (Phi) is 7.51. The van der Waals surface area contributed by atoms with Gasteiger partial charge in [-0.15, -0.1) is 0 Å². The van der Waals surface area contributed by atoms with E-state index < -0.39 is 15.6 Å². The lowest BCUT2D eigenvalue weighted by molar-refractivity contribution is 0.100. The highest BCUT2D eigenvalue weighted by Crippen LogP contribution is 2.31. The number of hydrogen-bond acceptors (Lipinski definition) is 3. The van der Waals surface area contributed by atoms with Crippen molar-refractivity contribution in [2.75, 3.05) is 19.8 Å². The molecule has 5 nitrogen and oxygen atoms in total. The Labute approximate surface area is 180 Å². The molecule has 0 bridgehead atoms. The van der Waals surface area contributed by atoms with Gasteiger partial charge in [0.1, 0.15) is 0 Å². The fourth-order valence-corrected chi connectivity index (χ4v) is 4.65. The first-order chi connectivity index (χ1) is 13.0. The Morgan fingerprint density at radius 3 is 2.32 bits per heavy atom. The van der Waals surface area contributed by atoms with Crippen LogP contribution in [0.2, 0.25) is 15.1 Å². The highest BCUT2D eigenvalue weighted by molar-refractivity contribution is 7.93. The second-order valence-corrected chi connectivity index (χ2v) is 9.75. The van der Waals surface area contributed by atoms with Gasteiger partial charge < -0.3 is 4.90 Å². The van der Waals surface area contributed by atoms with Gasteiger partial charge >= 0.3 is 0 Å². The van der Waals surface area contributed by atoms with E-state index in [1.807, 2.05) is 18.9 Å². The lowest BCUT2D eigenvalue weighted by atomic mass is 10.2. The normalized spacial score (nSPS) is 13.4. The largest absolute Gasteiger partial charge is 0.366 e. The first kappa shape index (κ1) is 22.7. The van der Waals surface area contributed by atoms with Gasteiger partial charge in [0.25, 0.3) is 5.91 Å². The van der Waals surface area contributed by atoms with Crippen molar-refractivity contribution >= 4 is 62.5 Å². The van der Waals surface area contributed by atoms with Crippen LogP contribution in [-0.2, 0) is 9.73 Å². The molecule has 150 valence electrons. The molecule has 28 heavy (non-hydrogen) atoms. The average molecular weight is 461 g/mol. The minimum absolute atomic E-state index is 0.166. The molecule has 0 saturated carbocycles. The molecule has 1 atom stereocenters. The summed E-state index contributed by atoms with van der Waals surface area (Å²) in [6, 6.07) is 7.62. The topological polar surface area (TPSA) is 62.1 Å². The Balaban J connectivity index is 2.46. The molecule has 0 aliphatic carbocycles. The van der Waals surface area contributed by atoms with Gasteiger partial charge in [0, 0.05) is 35.5 Å². The summed E-state index contributed by atoms with van der Waals surface area (Å²) in [6.45, 7) is 4.57. The number of carbonyl (C=O) groups is 1. The lowest BCUT2D eigenvalue weighted by Gasteiger charge is -2.12. The van der Waals surface area contributed by atoms with Crippen molar-refractivity contribution in [3.8, 4) is 0 Å². The molecule has 0 spiro atoms. The van der Waals surface area contributed by atoms with E-state index in [9.17, 15) is 9.00 Å². The molecule has 1 amide bonds. The molecule has 0 saturated heterocycles. The minimum Gasteiger partial charge on any atom is -0.366 e. The zero-order valence-electron chi connectivity index (χ0n) is 15.9. The third-order valence-electron chi connectivity index (χ3n) is 3.91. The first-order valence-corrected chi connectivity index (χ1v) is 11.4. The van der Waals surface area contributed by atoms with Gasteiger partial charge in [-0.25, -0.2) is 9.20 Å². The smallest absolute Gasteiger partial charge is 0.285 e. The van der Waals surface area contributed by atoms with E-state index in [1.165, 1.54) is 24.5 Å². The molecule has 2 aromatic rings. The molecule has 0 aromatic heterocycles. The Hall–Kier alpha value is -1.60. The zero-order chi connectivity index (χ0) is 21.1. The number of aliphatic imine (C=N–C) groups is 1. The maximum absolute atomic E-state index is 13.2. The van der Waals surface area contributed by atoms with Crippen LogP contribution in [-0.4, -0.2) is 41.2 Å². The summed E-state index contributed by atoms with van der Waals surface area (Å²) in [4.78, 5) is 19.1. The monoisotopic (exact) mass is 459 g/mol. The van der Waals surface area contributed by atoms with Crippen molar-refractivity contribution in [3.05, 3.63) is 56.5 Å². The van der Waals surface area contributed by atoms with Crippen LogP contribution in [0.15, 0.2) is 44.6 Å². The van der Waals surface area contributed by atoms with Crippen molar-refractivity contribution in [1.82, 2.24) is 4.90 Å². The van der Waals surface area contributed by atoms with E-state index in [-0.39, 0.29) is 5.56 Å². The quantitative estimate of drug-likeness (QED) is 0.414. The van der Waals surface area contributed by atoms with Crippen molar-refractivity contribution in [2.24, 2.45) is 9.36 Å². The van der Waals surface area contributed by atoms with E-state index in [1.54, 1.807) is 25.4 Å². The summed E-state index contributed by atoms with van der Waals surface area (Å²) < 4.78 is 17.1. The summed E-state index contributed by atoms with van der Waals surface area (Å²) in [5, 5.41) is 0.920. The van der Waals surface area contributed by atoms with Crippen LogP contribution in [0.4, 0.5) is 5.69 Å². The lowest BCUT2D eigenvalue weighted by Crippen LogP contribution is -2.14. The van der Waals surface area contributed by atoms with Crippen molar-refractivity contribution in [3.63, 3.8) is 0 Å². The van der Waals surface area contributed by atoms with Crippen molar-refractivity contribution < 1.29 is 9.00 Å². The van der Waals surface area contributed by atoms with Gasteiger partial charge in [-0.1, -0.05) is 34.8 Å². The molecule has 1 unspecified atom stereocenters. The minimum atomic E-state index is -3.05. The Bertz CT molecular complexity index is 1040. The number of aryl methyl sites for hydroxylation is 1. The number of carbonyl (C=O) groups excluding carboxylic acids is 1. The average Bonchev–Trinajstić information content (AvgIpc) is 2.60. The fourth-order valence-electron chi connectivity index (χ4n) is 2.33. The number of hydrogen-bond donors (Lipinski definition) is 0. The fraction of sp³-hybridized carbons (Fsp3) is 0.263. The molecule has 0 aliphatic heterocycles. The molecule has 0 aliphatic rings. The van der Waals surface area contributed by atoms with Crippen molar-refractivity contribution in [2.45, 2.75) is 18.7 Å². The number of benzene rings is 2. The molecule has 0 N–H and O–H groups in total. The highest BCUT2D eigenvalue weighted by atomic mass is 35.5. The van der Waals surface area contributed by atoms with Gasteiger partial charge in [0.15, 0.2) is 0 Å². The predicted octanol–water partition coefficient (Wildman–Crippen LogP) is 5.86. The molecular weight excluding hydrogens is 441 g/mol. The van der Waals surface area contributed by atoms with Gasteiger partial charge in [0.2, 0.25) is 0 Å². The van der Waals surface area contributed by atoms with Crippen LogP contribution >= 0.6 is 34.8 Å². The molecule has 2 rings (SSSR count). The SMILES string of the molecule is CCN(C)C=Nc1cc(C)c(S(C)(=O)=NC(=O)c2cc(Cl)cc(Cl)c2)cc1Cl. The molecule has 0 radical (unpaired) electrons. The maximum atomic E-state index is 13.2. The first-order valence-electron chi connectivity index (χ1n) is 8.30. The summed E-state index contributed by atoms with van der Waals surface area (Å²) in [7, 11) is -1.15. The van der Waals surface area contributed by atoms with Crippen molar-refractivity contribution in [1.29, 1.82) is 0 Å². The van der Waals surface area contributed by atoms with Crippen LogP contribution in [0.25, 0.3) is 0 Å². The van der Waals surface area contributed by atoms with E-state index in [4.69, 9.17) is 34.8 Å². The Morgan fingerprint density at radius 1 is 1.14 bits per heavy atom. The third kappa shape index (κ3) is 5.70. The third-order valence-corrected chi connectivity index (χ3v) is 6.42. The standard InChI is InChI=1S/C19H20Cl3N3O2S/c1-5-25(3)11-23-17-6-12(2)18(10-16(17)22)28(4,27)24-19(26)13-7-14(20)9-15(21)8-13/h6-11H,5H2,1-4H3. The van der Waals surface area contributed by atoms with Crippen LogP contribution in [0, 0.1) is 6.92 Å². The maximum Gasteiger partial charge on any atom is 0.285 e. The van der Waals surface area contributed by atoms with E-state index in [2.05, 4.69) is 9.36 Å². The summed E-state index contributed by atoms with van der Waals surface area (Å²) in [5.41, 5.74) is 1.38. The molecular formula is C19H20Cl3N3O2S. The van der Waals surface area contributed by atoms with E-state index >= 15 is 0 Å². The van der Waals surface area contributed by atoms with E-state index in [0.717, 1.165) is 6.54 Å². The number of rotatable bonds is 5. The van der Waals surface area contributed by atoms with Crippen LogP contribution in [0.1, 0.15) is 22.8 Å². The van der Waals surface area contributed by atoms with Crippen LogP contribution in [0.5, 0.6) is 0 Å². The van der Waals surface area contributed by atoms with Crippen LogP contribution in [0.3, 0.4) is 0 Å². The second-order valence-electron chi connectivity index (χ2n) is 6.24. The molecule has 0 fully saturated rings. The molecule has 2 aromatic carbocycles. The number of nitrogens with zero attached hydrogens (tertiary/aromatic N) is 3. The van der Waals surface area contributed by atoms with Gasteiger partial charge in [-0.05, 0) is 49.7 Å².